The first kappa shape index (κ1) is 17.0. The molecule has 1 aromatic carbocycles. The zero-order valence-electron chi connectivity index (χ0n) is 15.1. The van der Waals surface area contributed by atoms with Gasteiger partial charge in [-0.2, -0.15) is 0 Å². The maximum Gasteiger partial charge on any atom is 0.183 e. The van der Waals surface area contributed by atoms with E-state index in [1.807, 2.05) is 41.8 Å². The summed E-state index contributed by atoms with van der Waals surface area (Å²) in [4.78, 5) is 4.75. The number of hydrogen-bond donors (Lipinski definition) is 0. The lowest BCUT2D eigenvalue weighted by Gasteiger charge is -2.06. The van der Waals surface area contributed by atoms with E-state index >= 15 is 0 Å². The van der Waals surface area contributed by atoms with Crippen LogP contribution >= 0.6 is 0 Å². The monoisotopic (exact) mass is 338 g/mol. The molecule has 0 atom stereocenters. The second-order valence-electron chi connectivity index (χ2n) is 6.10. The molecule has 0 N–H and O–H groups in total. The van der Waals surface area contributed by atoms with Gasteiger partial charge < -0.3 is 9.47 Å². The predicted molar refractivity (Wildman–Crippen MR) is 97.7 cm³/mol. The fraction of sp³-hybridized carbons (Fsp3) is 0.316. The first-order valence-corrected chi connectivity index (χ1v) is 8.16. The molecular formula is C19H22N4O2. The molecule has 25 heavy (non-hydrogen) atoms. The van der Waals surface area contributed by atoms with Crippen LogP contribution in [0, 0.1) is 6.92 Å². The minimum Gasteiger partial charge on any atom is -0.497 e. The van der Waals surface area contributed by atoms with Gasteiger partial charge in [0.05, 0.1) is 19.9 Å². The number of azo groups is 1. The summed E-state index contributed by atoms with van der Waals surface area (Å²) >= 11 is 0. The van der Waals surface area contributed by atoms with Gasteiger partial charge in [0, 0.05) is 12.3 Å². The molecule has 130 valence electrons. The van der Waals surface area contributed by atoms with E-state index in [0.717, 1.165) is 22.7 Å². The van der Waals surface area contributed by atoms with Gasteiger partial charge in [-0.15, -0.1) is 10.2 Å². The maximum absolute atomic E-state index is 5.37. The summed E-state index contributed by atoms with van der Waals surface area (Å²) < 4.78 is 12.6. The molecule has 0 unspecified atom stereocenters. The number of ether oxygens (including phenoxy) is 2. The van der Waals surface area contributed by atoms with Gasteiger partial charge in [0.15, 0.2) is 5.82 Å². The van der Waals surface area contributed by atoms with Crippen LogP contribution in [0.1, 0.15) is 31.0 Å². The zero-order chi connectivity index (χ0) is 18.0. The Hall–Kier alpha value is -2.89. The van der Waals surface area contributed by atoms with Crippen LogP contribution in [0.25, 0.3) is 5.65 Å². The van der Waals surface area contributed by atoms with Gasteiger partial charge in [0.25, 0.3) is 0 Å². The molecular weight excluding hydrogens is 316 g/mol. The highest BCUT2D eigenvalue weighted by molar-refractivity contribution is 5.59. The summed E-state index contributed by atoms with van der Waals surface area (Å²) in [6.45, 7) is 6.24. The Kier molecular flexibility index (Phi) is 4.70. The van der Waals surface area contributed by atoms with E-state index in [1.54, 1.807) is 20.3 Å². The average Bonchev–Trinajstić information content (AvgIpc) is 3.00. The van der Waals surface area contributed by atoms with E-state index in [2.05, 4.69) is 24.1 Å². The van der Waals surface area contributed by atoms with Crippen LogP contribution in [-0.2, 0) is 0 Å². The Labute approximate surface area is 147 Å². The van der Waals surface area contributed by atoms with Crippen LogP contribution < -0.4 is 9.47 Å². The minimum atomic E-state index is 0.237. The number of aromatic nitrogens is 2. The van der Waals surface area contributed by atoms with Crippen molar-refractivity contribution in [2.24, 2.45) is 10.2 Å². The van der Waals surface area contributed by atoms with Crippen LogP contribution in [0.15, 0.2) is 46.8 Å². The number of benzene rings is 1. The summed E-state index contributed by atoms with van der Waals surface area (Å²) in [5.74, 6) is 2.31. The van der Waals surface area contributed by atoms with Crippen molar-refractivity contribution in [2.45, 2.75) is 26.7 Å². The molecule has 0 saturated heterocycles. The lowest BCUT2D eigenvalue weighted by atomic mass is 10.1. The summed E-state index contributed by atoms with van der Waals surface area (Å²) in [6.07, 6.45) is 1.96. The van der Waals surface area contributed by atoms with Crippen molar-refractivity contribution in [3.8, 4) is 11.5 Å². The molecule has 2 aromatic heterocycles. The summed E-state index contributed by atoms with van der Waals surface area (Å²) in [6, 6.07) is 9.47. The van der Waals surface area contributed by atoms with Crippen molar-refractivity contribution in [3.63, 3.8) is 0 Å². The Balaban J connectivity index is 2.13. The van der Waals surface area contributed by atoms with Crippen molar-refractivity contribution >= 4 is 17.2 Å². The van der Waals surface area contributed by atoms with Gasteiger partial charge >= 0.3 is 0 Å². The lowest BCUT2D eigenvalue weighted by Crippen LogP contribution is -1.88. The lowest BCUT2D eigenvalue weighted by molar-refractivity contribution is 0.404. The Morgan fingerprint density at radius 1 is 1.08 bits per heavy atom. The maximum atomic E-state index is 5.37. The molecule has 0 radical (unpaired) electrons. The molecule has 2 heterocycles. The average molecular weight is 338 g/mol. The highest BCUT2D eigenvalue weighted by Crippen LogP contribution is 2.35. The second-order valence-corrected chi connectivity index (χ2v) is 6.10. The van der Waals surface area contributed by atoms with Crippen LogP contribution in [0.4, 0.5) is 11.5 Å². The van der Waals surface area contributed by atoms with Gasteiger partial charge in [-0.05, 0) is 36.6 Å². The smallest absolute Gasteiger partial charge is 0.183 e. The number of methoxy groups -OCH3 is 2. The van der Waals surface area contributed by atoms with Crippen LogP contribution in [0.5, 0.6) is 11.5 Å². The van der Waals surface area contributed by atoms with E-state index in [0.29, 0.717) is 17.2 Å². The molecule has 0 amide bonds. The molecule has 0 aliphatic rings. The molecule has 0 aliphatic heterocycles. The van der Waals surface area contributed by atoms with Crippen molar-refractivity contribution in [3.05, 3.63) is 47.8 Å². The third-order valence-corrected chi connectivity index (χ3v) is 4.03. The van der Waals surface area contributed by atoms with E-state index in [-0.39, 0.29) is 5.92 Å². The second kappa shape index (κ2) is 6.93. The predicted octanol–water partition coefficient (Wildman–Crippen LogP) is 5.20. The Bertz CT molecular complexity index is 929. The molecule has 6 heteroatoms. The van der Waals surface area contributed by atoms with Crippen molar-refractivity contribution in [2.75, 3.05) is 14.2 Å². The molecule has 0 bridgehead atoms. The summed E-state index contributed by atoms with van der Waals surface area (Å²) in [7, 11) is 3.23. The standard InChI is InChI=1S/C19H22N4O2/c1-12(2)17-19(23-10-6-7-13(3)18(23)20-17)22-21-15-11-14(24-4)8-9-16(15)25-5/h6-12H,1-5H3. The SMILES string of the molecule is COc1ccc(OC)c(N=Nc2c(C(C)C)nc3c(C)cccn23)c1. The summed E-state index contributed by atoms with van der Waals surface area (Å²) in [5, 5.41) is 8.91. The molecule has 6 nitrogen and oxygen atoms in total. The van der Waals surface area contributed by atoms with Crippen molar-refractivity contribution in [1.29, 1.82) is 0 Å². The first-order chi connectivity index (χ1) is 12.0. The molecule has 0 saturated carbocycles. The highest BCUT2D eigenvalue weighted by Gasteiger charge is 2.16. The number of fused-ring (bicyclic) bond motifs is 1. The molecule has 3 aromatic rings. The largest absolute Gasteiger partial charge is 0.497 e. The normalized spacial score (nSPS) is 11.6. The van der Waals surface area contributed by atoms with Crippen molar-refractivity contribution in [1.82, 2.24) is 9.38 Å². The topological polar surface area (TPSA) is 60.5 Å². The van der Waals surface area contributed by atoms with Crippen LogP contribution in [0.3, 0.4) is 0 Å². The van der Waals surface area contributed by atoms with Crippen LogP contribution in [0.2, 0.25) is 0 Å². The van der Waals surface area contributed by atoms with Gasteiger partial charge in [0.2, 0.25) is 0 Å². The van der Waals surface area contributed by atoms with Gasteiger partial charge in [-0.25, -0.2) is 4.98 Å². The molecule has 3 rings (SSSR count). The van der Waals surface area contributed by atoms with Gasteiger partial charge in [0.1, 0.15) is 22.8 Å². The first-order valence-electron chi connectivity index (χ1n) is 8.16. The van der Waals surface area contributed by atoms with E-state index in [9.17, 15) is 0 Å². The molecule has 0 aliphatic carbocycles. The zero-order valence-corrected chi connectivity index (χ0v) is 15.1. The van der Waals surface area contributed by atoms with E-state index in [4.69, 9.17) is 14.5 Å². The van der Waals surface area contributed by atoms with Crippen molar-refractivity contribution < 1.29 is 9.47 Å². The Morgan fingerprint density at radius 3 is 2.56 bits per heavy atom. The fourth-order valence-electron chi connectivity index (χ4n) is 2.67. The number of pyridine rings is 1. The number of rotatable bonds is 5. The van der Waals surface area contributed by atoms with E-state index in [1.165, 1.54) is 0 Å². The number of hydrogen-bond acceptors (Lipinski definition) is 5. The third-order valence-electron chi connectivity index (χ3n) is 4.03. The molecule has 0 fully saturated rings. The number of imidazole rings is 1. The fourth-order valence-corrected chi connectivity index (χ4v) is 2.67. The third kappa shape index (κ3) is 3.20. The van der Waals surface area contributed by atoms with E-state index < -0.39 is 0 Å². The van der Waals surface area contributed by atoms with Gasteiger partial charge in [-0.3, -0.25) is 4.40 Å². The van der Waals surface area contributed by atoms with Gasteiger partial charge in [-0.1, -0.05) is 19.9 Å². The molecule has 0 spiro atoms. The summed E-state index contributed by atoms with van der Waals surface area (Å²) in [5.41, 5.74) is 3.53. The highest BCUT2D eigenvalue weighted by atomic mass is 16.5. The quantitative estimate of drug-likeness (QED) is 0.601. The van der Waals surface area contributed by atoms with Crippen LogP contribution in [-0.4, -0.2) is 23.6 Å². The number of aryl methyl sites for hydroxylation is 1. The number of nitrogens with zero attached hydrogens (tertiary/aromatic N) is 4. The Morgan fingerprint density at radius 2 is 1.88 bits per heavy atom. The minimum absolute atomic E-state index is 0.237.